The molecule has 0 bridgehead atoms. The van der Waals surface area contributed by atoms with Crippen molar-refractivity contribution < 1.29 is 27.9 Å². The Hall–Kier alpha value is -3.29. The van der Waals surface area contributed by atoms with E-state index in [1.165, 1.54) is 0 Å². The van der Waals surface area contributed by atoms with Crippen molar-refractivity contribution in [3.8, 4) is 0 Å². The molecule has 0 radical (unpaired) electrons. The van der Waals surface area contributed by atoms with E-state index in [1.807, 2.05) is 31.2 Å². The fraction of sp³-hybridized carbons (Fsp3) is 0.286. The van der Waals surface area contributed by atoms with E-state index in [9.17, 15) is 23.2 Å². The zero-order chi connectivity index (χ0) is 21.2. The summed E-state index contributed by atoms with van der Waals surface area (Å²) in [5.74, 6) is -3.44. The van der Waals surface area contributed by atoms with E-state index in [2.05, 4.69) is 10.6 Å². The summed E-state index contributed by atoms with van der Waals surface area (Å²) in [6, 6.07) is 10.3. The van der Waals surface area contributed by atoms with Crippen molar-refractivity contribution in [2.24, 2.45) is 0 Å². The van der Waals surface area contributed by atoms with Gasteiger partial charge in [0.2, 0.25) is 0 Å². The van der Waals surface area contributed by atoms with Crippen LogP contribution in [0.4, 0.5) is 8.78 Å². The Morgan fingerprint density at radius 2 is 1.72 bits per heavy atom. The van der Waals surface area contributed by atoms with E-state index in [0.29, 0.717) is 12.6 Å². The molecule has 2 rings (SSSR count). The molecular weight excluding hydrogens is 382 g/mol. The lowest BCUT2D eigenvalue weighted by atomic mass is 10.1. The minimum Gasteiger partial charge on any atom is -0.456 e. The molecule has 154 valence electrons. The molecule has 8 heteroatoms. The number of ether oxygens (including phenoxy) is 1. The highest BCUT2D eigenvalue weighted by Gasteiger charge is 2.12. The summed E-state index contributed by atoms with van der Waals surface area (Å²) in [7, 11) is 0. The van der Waals surface area contributed by atoms with Crippen LogP contribution in [0.15, 0.2) is 42.5 Å². The predicted molar refractivity (Wildman–Crippen MR) is 102 cm³/mol. The van der Waals surface area contributed by atoms with Crippen LogP contribution >= 0.6 is 0 Å². The van der Waals surface area contributed by atoms with Gasteiger partial charge in [-0.3, -0.25) is 14.4 Å². The van der Waals surface area contributed by atoms with Gasteiger partial charge < -0.3 is 15.4 Å². The van der Waals surface area contributed by atoms with E-state index >= 15 is 0 Å². The third-order valence-corrected chi connectivity index (χ3v) is 3.99. The highest BCUT2D eigenvalue weighted by Crippen LogP contribution is 2.09. The zero-order valence-electron chi connectivity index (χ0n) is 16.0. The van der Waals surface area contributed by atoms with Crippen LogP contribution in [-0.4, -0.2) is 30.9 Å². The van der Waals surface area contributed by atoms with Gasteiger partial charge in [-0.15, -0.1) is 0 Å². The van der Waals surface area contributed by atoms with Gasteiger partial charge in [0.05, 0.1) is 5.56 Å². The summed E-state index contributed by atoms with van der Waals surface area (Å²) < 4.78 is 31.2. The number of nitrogens with one attached hydrogen (secondary N) is 2. The molecule has 29 heavy (non-hydrogen) atoms. The lowest BCUT2D eigenvalue weighted by Crippen LogP contribution is -2.29. The van der Waals surface area contributed by atoms with Gasteiger partial charge in [0.25, 0.3) is 11.8 Å². The number of rotatable bonds is 9. The lowest BCUT2D eigenvalue weighted by molar-refractivity contribution is -0.148. The number of carbonyl (C=O) groups is 3. The van der Waals surface area contributed by atoms with Gasteiger partial charge in [0.15, 0.2) is 6.61 Å². The van der Waals surface area contributed by atoms with Crippen LogP contribution < -0.4 is 10.6 Å². The van der Waals surface area contributed by atoms with Crippen LogP contribution in [0.3, 0.4) is 0 Å². The minimum absolute atomic E-state index is 0.0164. The number of benzene rings is 2. The van der Waals surface area contributed by atoms with Crippen molar-refractivity contribution in [3.63, 3.8) is 0 Å². The second kappa shape index (κ2) is 10.9. The number of esters is 1. The van der Waals surface area contributed by atoms with E-state index < -0.39 is 36.0 Å². The Morgan fingerprint density at radius 3 is 2.41 bits per heavy atom. The van der Waals surface area contributed by atoms with E-state index in [4.69, 9.17) is 4.74 Å². The Balaban J connectivity index is 1.60. The van der Waals surface area contributed by atoms with Crippen molar-refractivity contribution >= 4 is 17.8 Å². The summed E-state index contributed by atoms with van der Waals surface area (Å²) in [4.78, 5) is 35.2. The molecule has 0 aliphatic carbocycles. The number of amides is 2. The number of carbonyl (C=O) groups excluding carboxylic acids is 3. The van der Waals surface area contributed by atoms with E-state index in [1.54, 1.807) is 0 Å². The van der Waals surface area contributed by atoms with E-state index in [0.717, 1.165) is 23.3 Å². The second-order valence-corrected chi connectivity index (χ2v) is 6.41. The SMILES string of the molecule is Cc1ccc(CNC(=O)COC(=O)CCCNC(=O)c2ccc(F)cc2F)cc1. The maximum Gasteiger partial charge on any atom is 0.306 e. The molecule has 2 aromatic carbocycles. The predicted octanol–water partition coefficient (Wildman–Crippen LogP) is 2.64. The first kappa shape index (κ1) is 22.0. The van der Waals surface area contributed by atoms with Gasteiger partial charge in [-0.05, 0) is 31.0 Å². The summed E-state index contributed by atoms with van der Waals surface area (Å²) in [6.45, 7) is 2.01. The van der Waals surface area contributed by atoms with Gasteiger partial charge in [0.1, 0.15) is 11.6 Å². The summed E-state index contributed by atoms with van der Waals surface area (Å²) in [6.07, 6.45) is 0.232. The van der Waals surface area contributed by atoms with Gasteiger partial charge in [-0.2, -0.15) is 0 Å². The number of hydrogen-bond acceptors (Lipinski definition) is 4. The summed E-state index contributed by atoms with van der Waals surface area (Å²) in [5.41, 5.74) is 1.77. The van der Waals surface area contributed by atoms with Gasteiger partial charge >= 0.3 is 5.97 Å². The highest BCUT2D eigenvalue weighted by molar-refractivity contribution is 5.94. The summed E-state index contributed by atoms with van der Waals surface area (Å²) in [5, 5.41) is 5.08. The first-order valence-corrected chi connectivity index (χ1v) is 9.06. The summed E-state index contributed by atoms with van der Waals surface area (Å²) >= 11 is 0. The Bertz CT molecular complexity index is 869. The van der Waals surface area contributed by atoms with Crippen molar-refractivity contribution in [1.29, 1.82) is 0 Å². The number of aryl methyl sites for hydroxylation is 1. The Morgan fingerprint density at radius 1 is 1.00 bits per heavy atom. The number of halogens is 2. The lowest BCUT2D eigenvalue weighted by Gasteiger charge is -2.08. The third-order valence-electron chi connectivity index (χ3n) is 3.99. The van der Waals surface area contributed by atoms with Crippen LogP contribution in [-0.2, 0) is 20.9 Å². The fourth-order valence-electron chi connectivity index (χ4n) is 2.38. The smallest absolute Gasteiger partial charge is 0.306 e. The van der Waals surface area contributed by atoms with Crippen molar-refractivity contribution in [1.82, 2.24) is 10.6 Å². The number of hydrogen-bond donors (Lipinski definition) is 2. The molecule has 0 spiro atoms. The van der Waals surface area contributed by atoms with Crippen LogP contribution in [0.5, 0.6) is 0 Å². The second-order valence-electron chi connectivity index (χ2n) is 6.41. The van der Waals surface area contributed by atoms with Gasteiger partial charge in [-0.1, -0.05) is 29.8 Å². The quantitative estimate of drug-likeness (QED) is 0.497. The normalized spacial score (nSPS) is 10.3. The standard InChI is InChI=1S/C21H22F2N2O4/c1-14-4-6-15(7-5-14)12-25-19(26)13-29-20(27)3-2-10-24-21(28)17-9-8-16(22)11-18(17)23/h4-9,11H,2-3,10,12-13H2,1H3,(H,24,28)(H,25,26). The molecule has 2 aromatic rings. The largest absolute Gasteiger partial charge is 0.456 e. The molecule has 2 N–H and O–H groups in total. The topological polar surface area (TPSA) is 84.5 Å². The maximum absolute atomic E-state index is 13.5. The molecule has 0 aliphatic rings. The van der Waals surface area contributed by atoms with Crippen LogP contribution in [0.1, 0.15) is 34.3 Å². The molecular formula is C21H22F2N2O4. The average Bonchev–Trinajstić information content (AvgIpc) is 2.69. The average molecular weight is 404 g/mol. The van der Waals surface area contributed by atoms with Crippen LogP contribution in [0.25, 0.3) is 0 Å². The molecule has 0 unspecified atom stereocenters. The molecule has 6 nitrogen and oxygen atoms in total. The van der Waals surface area contributed by atoms with Gasteiger partial charge in [0, 0.05) is 25.6 Å². The van der Waals surface area contributed by atoms with Crippen molar-refractivity contribution in [3.05, 3.63) is 70.8 Å². The molecule has 0 atom stereocenters. The molecule has 0 fully saturated rings. The minimum atomic E-state index is -0.960. The third kappa shape index (κ3) is 7.69. The fourth-order valence-corrected chi connectivity index (χ4v) is 2.38. The van der Waals surface area contributed by atoms with Crippen molar-refractivity contribution in [2.45, 2.75) is 26.3 Å². The van der Waals surface area contributed by atoms with Gasteiger partial charge in [-0.25, -0.2) is 8.78 Å². The van der Waals surface area contributed by atoms with Crippen molar-refractivity contribution in [2.75, 3.05) is 13.2 Å². The zero-order valence-corrected chi connectivity index (χ0v) is 16.0. The molecule has 0 heterocycles. The monoisotopic (exact) mass is 404 g/mol. The molecule has 2 amide bonds. The molecule has 0 aliphatic heterocycles. The Labute approximate surface area is 167 Å². The molecule has 0 saturated carbocycles. The maximum atomic E-state index is 13.5. The van der Waals surface area contributed by atoms with Crippen LogP contribution in [0, 0.1) is 18.6 Å². The van der Waals surface area contributed by atoms with Crippen LogP contribution in [0.2, 0.25) is 0 Å². The molecule has 0 aromatic heterocycles. The molecule has 0 saturated heterocycles. The van der Waals surface area contributed by atoms with E-state index in [-0.39, 0.29) is 24.9 Å². The first-order valence-electron chi connectivity index (χ1n) is 9.06. The highest BCUT2D eigenvalue weighted by atomic mass is 19.1. The Kier molecular flexibility index (Phi) is 8.27. The first-order chi connectivity index (χ1) is 13.8.